The molecule has 0 fully saturated rings. The minimum absolute atomic E-state index is 0.0705. The summed E-state index contributed by atoms with van der Waals surface area (Å²) < 4.78 is 16.1. The monoisotopic (exact) mass is 241 g/mol. The van der Waals surface area contributed by atoms with E-state index in [9.17, 15) is 9.18 Å². The maximum atomic E-state index is 13.2. The summed E-state index contributed by atoms with van der Waals surface area (Å²) in [5, 5.41) is 0.0705. The van der Waals surface area contributed by atoms with Gasteiger partial charge in [0.05, 0.1) is 11.6 Å². The van der Waals surface area contributed by atoms with Gasteiger partial charge in [-0.15, -0.1) is 0 Å². The molecule has 0 bridgehead atoms. The zero-order valence-corrected chi connectivity index (χ0v) is 9.28. The lowest BCUT2D eigenvalue weighted by molar-refractivity contribution is 0.532. The van der Waals surface area contributed by atoms with Crippen molar-refractivity contribution in [2.24, 2.45) is 7.05 Å². The first-order chi connectivity index (χ1) is 7.58. The molecule has 0 saturated carbocycles. The smallest absolute Gasteiger partial charge is 0.273 e. The number of hydrogen-bond donors (Lipinski definition) is 0. The molecule has 4 nitrogen and oxygen atoms in total. The molecule has 16 heavy (non-hydrogen) atoms. The number of nitrogens with zero attached hydrogens (tertiary/aromatic N) is 3. The third-order valence-corrected chi connectivity index (χ3v) is 2.56. The Balaban J connectivity index is 2.34. The second-order valence-corrected chi connectivity index (χ2v) is 3.81. The lowest BCUT2D eigenvalue weighted by Crippen LogP contribution is -2.22. The zero-order chi connectivity index (χ0) is 11.7. The van der Waals surface area contributed by atoms with Crippen LogP contribution in [0.15, 0.2) is 29.3 Å². The third kappa shape index (κ3) is 1.99. The predicted molar refractivity (Wildman–Crippen MR) is 58.0 cm³/mol. The Kier molecular flexibility index (Phi) is 2.78. The van der Waals surface area contributed by atoms with Crippen molar-refractivity contribution in [2.75, 3.05) is 0 Å². The number of hydrogen-bond acceptors (Lipinski definition) is 2. The first kappa shape index (κ1) is 10.9. The van der Waals surface area contributed by atoms with Gasteiger partial charge in [0.2, 0.25) is 0 Å². The molecule has 1 heterocycles. The molecule has 0 aliphatic heterocycles. The fourth-order valence-corrected chi connectivity index (χ4v) is 1.50. The molecule has 0 atom stereocenters. The Morgan fingerprint density at radius 1 is 1.50 bits per heavy atom. The molecule has 2 rings (SSSR count). The van der Waals surface area contributed by atoms with Crippen molar-refractivity contribution in [3.05, 3.63) is 51.4 Å². The molecule has 0 spiro atoms. The van der Waals surface area contributed by atoms with Gasteiger partial charge in [-0.3, -0.25) is 4.68 Å². The van der Waals surface area contributed by atoms with Crippen LogP contribution >= 0.6 is 11.6 Å². The summed E-state index contributed by atoms with van der Waals surface area (Å²) >= 11 is 5.56. The van der Waals surface area contributed by atoms with Crippen molar-refractivity contribution in [3.63, 3.8) is 0 Å². The summed E-state index contributed by atoms with van der Waals surface area (Å²) in [6.45, 7) is 0.267. The van der Waals surface area contributed by atoms with Gasteiger partial charge in [0.1, 0.15) is 12.1 Å². The average molecular weight is 242 g/mol. The van der Waals surface area contributed by atoms with E-state index in [4.69, 9.17) is 11.6 Å². The Hall–Kier alpha value is -1.62. The molecular weight excluding hydrogens is 233 g/mol. The van der Waals surface area contributed by atoms with E-state index in [2.05, 4.69) is 4.98 Å². The topological polar surface area (TPSA) is 39.8 Å². The highest BCUT2D eigenvalue weighted by Gasteiger charge is 2.05. The number of benzene rings is 1. The van der Waals surface area contributed by atoms with Gasteiger partial charge in [-0.25, -0.2) is 13.9 Å². The maximum Gasteiger partial charge on any atom is 0.364 e. The number of halogens is 2. The molecular formula is C10H9ClFN3O. The Bertz CT molecular complexity index is 576. The van der Waals surface area contributed by atoms with Crippen LogP contribution in [0.3, 0.4) is 0 Å². The highest BCUT2D eigenvalue weighted by atomic mass is 35.5. The van der Waals surface area contributed by atoms with Crippen LogP contribution in [0, 0.1) is 5.82 Å². The summed E-state index contributed by atoms with van der Waals surface area (Å²) in [6.07, 6.45) is 1.41. The van der Waals surface area contributed by atoms with Gasteiger partial charge in [0, 0.05) is 7.05 Å². The molecule has 0 amide bonds. The van der Waals surface area contributed by atoms with Gasteiger partial charge in [0.15, 0.2) is 0 Å². The molecule has 1 aromatic heterocycles. The Morgan fingerprint density at radius 3 is 2.81 bits per heavy atom. The molecule has 6 heteroatoms. The Morgan fingerprint density at radius 2 is 2.25 bits per heavy atom. The lowest BCUT2D eigenvalue weighted by Gasteiger charge is -2.06. The molecule has 2 aromatic rings. The molecule has 0 unspecified atom stereocenters. The van der Waals surface area contributed by atoms with Gasteiger partial charge in [0.25, 0.3) is 0 Å². The van der Waals surface area contributed by atoms with Crippen molar-refractivity contribution in [2.45, 2.75) is 6.54 Å². The molecule has 0 radical (unpaired) electrons. The molecule has 0 N–H and O–H groups in total. The van der Waals surface area contributed by atoms with Crippen molar-refractivity contribution < 1.29 is 4.39 Å². The number of aromatic nitrogens is 3. The fourth-order valence-electron chi connectivity index (χ4n) is 1.39. The van der Waals surface area contributed by atoms with E-state index in [1.165, 1.54) is 23.1 Å². The van der Waals surface area contributed by atoms with Crippen LogP contribution in [-0.4, -0.2) is 14.3 Å². The summed E-state index contributed by atoms with van der Waals surface area (Å²) in [7, 11) is 1.70. The van der Waals surface area contributed by atoms with Gasteiger partial charge in [-0.05, 0) is 17.7 Å². The van der Waals surface area contributed by atoms with Crippen LogP contribution in [0.4, 0.5) is 4.39 Å². The minimum Gasteiger partial charge on any atom is -0.273 e. The summed E-state index contributed by atoms with van der Waals surface area (Å²) in [4.78, 5) is 14.9. The molecule has 0 aliphatic rings. The van der Waals surface area contributed by atoms with E-state index in [-0.39, 0.29) is 17.3 Å². The summed E-state index contributed by atoms with van der Waals surface area (Å²) in [6, 6.07) is 4.44. The van der Waals surface area contributed by atoms with E-state index in [1.54, 1.807) is 17.8 Å². The molecule has 84 valence electrons. The summed E-state index contributed by atoms with van der Waals surface area (Å²) in [5.41, 5.74) is 0.297. The zero-order valence-electron chi connectivity index (χ0n) is 8.52. The van der Waals surface area contributed by atoms with Crippen LogP contribution in [0.1, 0.15) is 5.56 Å². The largest absolute Gasteiger partial charge is 0.364 e. The molecule has 0 saturated heterocycles. The number of aryl methyl sites for hydroxylation is 1. The SMILES string of the molecule is Cn1cnc(=O)n1Cc1ccc(Cl)c(F)c1. The lowest BCUT2D eigenvalue weighted by atomic mass is 10.2. The first-order valence-corrected chi connectivity index (χ1v) is 4.98. The Labute approximate surface area is 95.9 Å². The standard InChI is InChI=1S/C10H9ClFN3O/c1-14-6-13-10(16)15(14)5-7-2-3-8(11)9(12)4-7/h2-4,6H,5H2,1H3. The molecule has 1 aromatic carbocycles. The summed E-state index contributed by atoms with van der Waals surface area (Å²) in [5.74, 6) is -0.491. The van der Waals surface area contributed by atoms with Gasteiger partial charge in [-0.1, -0.05) is 17.7 Å². The quantitative estimate of drug-likeness (QED) is 0.798. The normalized spacial score (nSPS) is 10.7. The van der Waals surface area contributed by atoms with E-state index in [1.807, 2.05) is 0 Å². The van der Waals surface area contributed by atoms with Crippen molar-refractivity contribution in [1.82, 2.24) is 14.3 Å². The third-order valence-electron chi connectivity index (χ3n) is 2.25. The second-order valence-electron chi connectivity index (χ2n) is 3.41. The van der Waals surface area contributed by atoms with Crippen LogP contribution in [0.2, 0.25) is 5.02 Å². The van der Waals surface area contributed by atoms with Crippen LogP contribution in [-0.2, 0) is 13.6 Å². The second kappa shape index (κ2) is 4.09. The van der Waals surface area contributed by atoms with E-state index >= 15 is 0 Å². The van der Waals surface area contributed by atoms with Gasteiger partial charge < -0.3 is 0 Å². The van der Waals surface area contributed by atoms with E-state index in [0.29, 0.717) is 5.56 Å². The van der Waals surface area contributed by atoms with Gasteiger partial charge in [-0.2, -0.15) is 4.98 Å². The van der Waals surface area contributed by atoms with Crippen molar-refractivity contribution in [1.29, 1.82) is 0 Å². The van der Waals surface area contributed by atoms with Gasteiger partial charge >= 0.3 is 5.69 Å². The van der Waals surface area contributed by atoms with Crippen LogP contribution < -0.4 is 5.69 Å². The first-order valence-electron chi connectivity index (χ1n) is 4.60. The average Bonchev–Trinajstić information content (AvgIpc) is 2.55. The fraction of sp³-hybridized carbons (Fsp3) is 0.200. The van der Waals surface area contributed by atoms with Crippen LogP contribution in [0.5, 0.6) is 0 Å². The van der Waals surface area contributed by atoms with E-state index < -0.39 is 5.82 Å². The van der Waals surface area contributed by atoms with Crippen molar-refractivity contribution >= 4 is 11.6 Å². The highest BCUT2D eigenvalue weighted by Crippen LogP contribution is 2.15. The number of rotatable bonds is 2. The van der Waals surface area contributed by atoms with E-state index in [0.717, 1.165) is 0 Å². The van der Waals surface area contributed by atoms with Crippen LogP contribution in [0.25, 0.3) is 0 Å². The predicted octanol–water partition coefficient (Wildman–Crippen LogP) is 1.42. The highest BCUT2D eigenvalue weighted by molar-refractivity contribution is 6.30. The maximum absolute atomic E-state index is 13.2. The van der Waals surface area contributed by atoms with Crippen molar-refractivity contribution in [3.8, 4) is 0 Å². The minimum atomic E-state index is -0.491. The molecule has 0 aliphatic carbocycles.